The number of benzene rings is 2. The molecule has 2 N–H and O–H groups in total. The lowest BCUT2D eigenvalue weighted by atomic mass is 10.2. The zero-order valence-electron chi connectivity index (χ0n) is 17.2. The second-order valence-corrected chi connectivity index (χ2v) is 8.08. The zero-order chi connectivity index (χ0) is 22.1. The fourth-order valence-corrected chi connectivity index (χ4v) is 3.65. The Morgan fingerprint density at radius 3 is 2.33 bits per heavy atom. The van der Waals surface area contributed by atoms with E-state index >= 15 is 0 Å². The molecule has 2 rings (SSSR count). The smallest absolute Gasteiger partial charge is 0.338 e. The van der Waals surface area contributed by atoms with Crippen molar-refractivity contribution in [2.24, 2.45) is 0 Å². The highest BCUT2D eigenvalue weighted by Crippen LogP contribution is 2.24. The van der Waals surface area contributed by atoms with E-state index in [-0.39, 0.29) is 21.9 Å². The Bertz CT molecular complexity index is 987. The van der Waals surface area contributed by atoms with Gasteiger partial charge in [0.2, 0.25) is 0 Å². The highest BCUT2D eigenvalue weighted by atomic mass is 32.2. The average molecular weight is 435 g/mol. The molecule has 0 aliphatic heterocycles. The van der Waals surface area contributed by atoms with Gasteiger partial charge in [-0.25, -0.2) is 13.2 Å². The minimum absolute atomic E-state index is 0.0902. The standard InChI is InChI=1S/C21H26N2O6S/c1-4-6-13-29-21(25)15-7-9-16(10-8-15)23-30(26,27)17-11-12-19(28-3)18(14-17)20(24)22-5-2/h7-12,14,23H,4-6,13H2,1-3H3,(H,22,24). The zero-order valence-corrected chi connectivity index (χ0v) is 18.0. The number of anilines is 1. The van der Waals surface area contributed by atoms with Gasteiger partial charge >= 0.3 is 5.97 Å². The number of esters is 1. The van der Waals surface area contributed by atoms with Crippen molar-refractivity contribution < 1.29 is 27.5 Å². The molecule has 0 aromatic heterocycles. The minimum Gasteiger partial charge on any atom is -0.496 e. The highest BCUT2D eigenvalue weighted by Gasteiger charge is 2.20. The molecular formula is C21H26N2O6S. The van der Waals surface area contributed by atoms with E-state index in [2.05, 4.69) is 10.0 Å². The SMILES string of the molecule is CCCCOC(=O)c1ccc(NS(=O)(=O)c2ccc(OC)c(C(=O)NCC)c2)cc1. The molecule has 0 heterocycles. The number of nitrogens with one attached hydrogen (secondary N) is 2. The van der Waals surface area contributed by atoms with Crippen molar-refractivity contribution in [1.29, 1.82) is 0 Å². The van der Waals surface area contributed by atoms with Crippen LogP contribution in [0.25, 0.3) is 0 Å². The number of sulfonamides is 1. The maximum Gasteiger partial charge on any atom is 0.338 e. The number of carbonyl (C=O) groups excluding carboxylic acids is 2. The van der Waals surface area contributed by atoms with Crippen LogP contribution >= 0.6 is 0 Å². The van der Waals surface area contributed by atoms with E-state index in [1.807, 2.05) is 6.92 Å². The van der Waals surface area contributed by atoms with E-state index in [1.165, 1.54) is 49.6 Å². The summed E-state index contributed by atoms with van der Waals surface area (Å²) in [5.74, 6) is -0.622. The number of carbonyl (C=O) groups is 2. The van der Waals surface area contributed by atoms with Crippen LogP contribution in [0.5, 0.6) is 5.75 Å². The van der Waals surface area contributed by atoms with Crippen LogP contribution in [0.15, 0.2) is 47.4 Å². The summed E-state index contributed by atoms with van der Waals surface area (Å²) in [6, 6.07) is 9.95. The Morgan fingerprint density at radius 1 is 1.03 bits per heavy atom. The maximum absolute atomic E-state index is 12.8. The summed E-state index contributed by atoms with van der Waals surface area (Å²) in [7, 11) is -2.56. The van der Waals surface area contributed by atoms with Crippen LogP contribution < -0.4 is 14.8 Å². The number of methoxy groups -OCH3 is 1. The quantitative estimate of drug-likeness (QED) is 0.439. The summed E-state index contributed by atoms with van der Waals surface area (Å²) in [6.07, 6.45) is 1.70. The summed E-state index contributed by atoms with van der Waals surface area (Å²) in [4.78, 5) is 24.1. The van der Waals surface area contributed by atoms with Gasteiger partial charge in [-0.2, -0.15) is 0 Å². The van der Waals surface area contributed by atoms with Gasteiger partial charge in [-0.3, -0.25) is 9.52 Å². The highest BCUT2D eigenvalue weighted by molar-refractivity contribution is 7.92. The van der Waals surface area contributed by atoms with Crippen molar-refractivity contribution in [3.8, 4) is 5.75 Å². The summed E-state index contributed by atoms with van der Waals surface area (Å²) in [5, 5.41) is 2.62. The lowest BCUT2D eigenvalue weighted by Gasteiger charge is -2.12. The molecule has 8 nitrogen and oxygen atoms in total. The van der Waals surface area contributed by atoms with Gasteiger partial charge in [-0.15, -0.1) is 0 Å². The van der Waals surface area contributed by atoms with Gasteiger partial charge in [0.1, 0.15) is 5.75 Å². The van der Waals surface area contributed by atoms with Crippen LogP contribution in [-0.4, -0.2) is 40.6 Å². The third-order valence-electron chi connectivity index (χ3n) is 4.17. The Labute approximate surface area is 176 Å². The van der Waals surface area contributed by atoms with Gasteiger partial charge in [0.05, 0.1) is 29.7 Å². The summed E-state index contributed by atoms with van der Waals surface area (Å²) in [6.45, 7) is 4.49. The number of hydrogen-bond acceptors (Lipinski definition) is 6. The molecule has 0 spiro atoms. The average Bonchev–Trinajstić information content (AvgIpc) is 2.73. The van der Waals surface area contributed by atoms with Crippen LogP contribution in [0.3, 0.4) is 0 Å². The van der Waals surface area contributed by atoms with E-state index in [0.717, 1.165) is 12.8 Å². The molecule has 30 heavy (non-hydrogen) atoms. The molecular weight excluding hydrogens is 408 g/mol. The van der Waals surface area contributed by atoms with Gasteiger partial charge < -0.3 is 14.8 Å². The molecule has 0 aliphatic carbocycles. The lowest BCUT2D eigenvalue weighted by Crippen LogP contribution is -2.24. The Balaban J connectivity index is 2.19. The van der Waals surface area contributed by atoms with Crippen LogP contribution in [0.4, 0.5) is 5.69 Å². The molecule has 0 fully saturated rings. The van der Waals surface area contributed by atoms with E-state index in [9.17, 15) is 18.0 Å². The van der Waals surface area contributed by atoms with Crippen LogP contribution in [0.1, 0.15) is 47.4 Å². The van der Waals surface area contributed by atoms with Crippen LogP contribution in [0, 0.1) is 0 Å². The molecule has 0 saturated carbocycles. The molecule has 2 aromatic carbocycles. The molecule has 0 saturated heterocycles. The van der Waals surface area contributed by atoms with Crippen molar-refractivity contribution in [2.45, 2.75) is 31.6 Å². The fourth-order valence-electron chi connectivity index (χ4n) is 2.57. The fraction of sp³-hybridized carbons (Fsp3) is 0.333. The van der Waals surface area contributed by atoms with Crippen molar-refractivity contribution in [3.63, 3.8) is 0 Å². The van der Waals surface area contributed by atoms with Gasteiger partial charge in [0.25, 0.3) is 15.9 Å². The largest absolute Gasteiger partial charge is 0.496 e. The predicted octanol–water partition coefficient (Wildman–Crippen LogP) is 3.20. The van der Waals surface area contributed by atoms with Crippen molar-refractivity contribution in [2.75, 3.05) is 25.0 Å². The van der Waals surface area contributed by atoms with Gasteiger partial charge in [0.15, 0.2) is 0 Å². The first-order valence-corrected chi connectivity index (χ1v) is 11.1. The minimum atomic E-state index is -3.96. The first-order chi connectivity index (χ1) is 14.3. The van der Waals surface area contributed by atoms with Crippen molar-refractivity contribution in [1.82, 2.24) is 5.32 Å². The molecule has 9 heteroatoms. The topological polar surface area (TPSA) is 111 Å². The Kier molecular flexibility index (Phi) is 8.23. The van der Waals surface area contributed by atoms with Gasteiger partial charge in [-0.1, -0.05) is 13.3 Å². The second-order valence-electron chi connectivity index (χ2n) is 6.39. The molecule has 0 unspecified atom stereocenters. The van der Waals surface area contributed by atoms with E-state index in [0.29, 0.717) is 18.7 Å². The third kappa shape index (κ3) is 5.96. The van der Waals surface area contributed by atoms with E-state index in [4.69, 9.17) is 9.47 Å². The molecule has 0 bridgehead atoms. The first kappa shape index (κ1) is 23.2. The molecule has 162 valence electrons. The first-order valence-electron chi connectivity index (χ1n) is 9.58. The third-order valence-corrected chi connectivity index (χ3v) is 5.55. The van der Waals surface area contributed by atoms with Gasteiger partial charge in [-0.05, 0) is 55.8 Å². The Morgan fingerprint density at radius 2 is 1.73 bits per heavy atom. The number of amides is 1. The van der Waals surface area contributed by atoms with Crippen LogP contribution in [-0.2, 0) is 14.8 Å². The molecule has 2 aromatic rings. The van der Waals surface area contributed by atoms with Crippen molar-refractivity contribution >= 4 is 27.6 Å². The summed E-state index contributed by atoms with van der Waals surface area (Å²) < 4.78 is 38.2. The van der Waals surface area contributed by atoms with Crippen molar-refractivity contribution in [3.05, 3.63) is 53.6 Å². The Hall–Kier alpha value is -3.07. The van der Waals surface area contributed by atoms with E-state index < -0.39 is 21.9 Å². The molecule has 0 radical (unpaired) electrons. The number of unbranched alkanes of at least 4 members (excludes halogenated alkanes) is 1. The monoisotopic (exact) mass is 434 g/mol. The van der Waals surface area contributed by atoms with Crippen LogP contribution in [0.2, 0.25) is 0 Å². The lowest BCUT2D eigenvalue weighted by molar-refractivity contribution is 0.0499. The molecule has 0 atom stereocenters. The predicted molar refractivity (Wildman–Crippen MR) is 113 cm³/mol. The van der Waals surface area contributed by atoms with E-state index in [1.54, 1.807) is 6.92 Å². The van der Waals surface area contributed by atoms with Gasteiger partial charge in [0, 0.05) is 12.2 Å². The number of ether oxygens (including phenoxy) is 2. The summed E-state index contributed by atoms with van der Waals surface area (Å²) in [5.41, 5.74) is 0.722. The maximum atomic E-state index is 12.8. The number of rotatable bonds is 10. The second kappa shape index (κ2) is 10.6. The number of hydrogen-bond donors (Lipinski definition) is 2. The molecule has 1 amide bonds. The normalized spacial score (nSPS) is 10.9. The summed E-state index contributed by atoms with van der Waals surface area (Å²) >= 11 is 0. The molecule has 0 aliphatic rings.